The number of nitrogens with one attached hydrogen (secondary N) is 1. The summed E-state index contributed by atoms with van der Waals surface area (Å²) in [7, 11) is 0. The third-order valence-electron chi connectivity index (χ3n) is 4.52. The summed E-state index contributed by atoms with van der Waals surface area (Å²) in [5.74, 6) is -1.26. The minimum Gasteiger partial charge on any atom is -0.481 e. The van der Waals surface area contributed by atoms with E-state index in [2.05, 4.69) is 5.32 Å². The molecule has 0 radical (unpaired) electrons. The number of aliphatic carboxylic acids is 1. The molecule has 1 unspecified atom stereocenters. The van der Waals surface area contributed by atoms with Gasteiger partial charge in [-0.05, 0) is 49.5 Å². The highest BCUT2D eigenvalue weighted by atomic mass is 35.5. The molecule has 5 nitrogen and oxygen atoms in total. The molecule has 0 aromatic heterocycles. The molecule has 0 saturated carbocycles. The Morgan fingerprint density at radius 2 is 1.80 bits per heavy atom. The predicted octanol–water partition coefficient (Wildman–Crippen LogP) is 2.86. The number of hydrogen-bond acceptors (Lipinski definition) is 3. The van der Waals surface area contributed by atoms with E-state index < -0.39 is 5.97 Å². The van der Waals surface area contributed by atoms with Crippen molar-refractivity contribution in [3.63, 3.8) is 0 Å². The van der Waals surface area contributed by atoms with Gasteiger partial charge in [0.15, 0.2) is 0 Å². The molecule has 1 aromatic rings. The Kier molecular flexibility index (Phi) is 8.32. The molecule has 2 N–H and O–H groups in total. The Hall–Kier alpha value is -1.66. The molecule has 2 rings (SSSR count). The zero-order chi connectivity index (χ0) is 17.7. The fourth-order valence-corrected chi connectivity index (χ4v) is 3.07. The number of carbonyl (C=O) groups is 2. The number of halogens is 2. The number of nitrogens with zero attached hydrogens (tertiary/aromatic N) is 1. The summed E-state index contributed by atoms with van der Waals surface area (Å²) in [6.45, 7) is 5.51. The Morgan fingerprint density at radius 1 is 1.24 bits per heavy atom. The largest absolute Gasteiger partial charge is 0.481 e. The monoisotopic (exact) mass is 372 g/mol. The van der Waals surface area contributed by atoms with Gasteiger partial charge in [-0.3, -0.25) is 14.5 Å². The van der Waals surface area contributed by atoms with E-state index in [0.717, 1.165) is 5.56 Å². The van der Waals surface area contributed by atoms with Gasteiger partial charge in [0, 0.05) is 0 Å². The smallest absolute Gasteiger partial charge is 0.306 e. The Labute approximate surface area is 154 Å². The SMILES string of the molecule is CC(C)C(NC(=O)CN1CCC(C(=O)O)CC1)c1ccc(F)cc1.Cl. The first kappa shape index (κ1) is 21.4. The predicted molar refractivity (Wildman–Crippen MR) is 96.2 cm³/mol. The van der Waals surface area contributed by atoms with E-state index >= 15 is 0 Å². The first-order valence-electron chi connectivity index (χ1n) is 8.36. The lowest BCUT2D eigenvalue weighted by atomic mass is 9.95. The van der Waals surface area contributed by atoms with E-state index in [1.54, 1.807) is 12.1 Å². The van der Waals surface area contributed by atoms with Crippen LogP contribution in [0.4, 0.5) is 4.39 Å². The highest BCUT2D eigenvalue weighted by molar-refractivity contribution is 5.85. The Bertz CT molecular complexity index is 572. The van der Waals surface area contributed by atoms with Crippen molar-refractivity contribution in [2.75, 3.05) is 19.6 Å². The maximum Gasteiger partial charge on any atom is 0.306 e. The van der Waals surface area contributed by atoms with E-state index in [0.29, 0.717) is 25.9 Å². The third-order valence-corrected chi connectivity index (χ3v) is 4.52. The molecule has 1 fully saturated rings. The molecule has 1 aliphatic rings. The second-order valence-corrected chi connectivity index (χ2v) is 6.73. The van der Waals surface area contributed by atoms with Crippen LogP contribution >= 0.6 is 12.4 Å². The Balaban J connectivity index is 0.00000312. The Morgan fingerprint density at radius 3 is 2.28 bits per heavy atom. The van der Waals surface area contributed by atoms with Crippen molar-refractivity contribution in [1.29, 1.82) is 0 Å². The molecule has 0 aliphatic carbocycles. The lowest BCUT2D eigenvalue weighted by Gasteiger charge is -2.30. The quantitative estimate of drug-likeness (QED) is 0.805. The summed E-state index contributed by atoms with van der Waals surface area (Å²) in [5, 5.41) is 12.0. The number of hydrogen-bond donors (Lipinski definition) is 2. The van der Waals surface area contributed by atoms with Crippen molar-refractivity contribution >= 4 is 24.3 Å². The summed E-state index contributed by atoms with van der Waals surface area (Å²) in [6, 6.07) is 6.01. The molecular weight excluding hydrogens is 347 g/mol. The summed E-state index contributed by atoms with van der Waals surface area (Å²) in [6.07, 6.45) is 1.16. The number of carboxylic acid groups (broad SMARTS) is 1. The number of amides is 1. The minimum atomic E-state index is -0.754. The average Bonchev–Trinajstić information content (AvgIpc) is 2.54. The van der Waals surface area contributed by atoms with Gasteiger partial charge in [-0.2, -0.15) is 0 Å². The summed E-state index contributed by atoms with van der Waals surface area (Å²) in [5.41, 5.74) is 0.879. The highest BCUT2D eigenvalue weighted by Crippen LogP contribution is 2.22. The van der Waals surface area contributed by atoms with Crippen LogP contribution in [0.2, 0.25) is 0 Å². The fourth-order valence-electron chi connectivity index (χ4n) is 3.07. The van der Waals surface area contributed by atoms with Crippen LogP contribution in [0.3, 0.4) is 0 Å². The van der Waals surface area contributed by atoms with E-state index in [9.17, 15) is 14.0 Å². The molecule has 1 aliphatic heterocycles. The second kappa shape index (κ2) is 9.73. The number of carbonyl (C=O) groups excluding carboxylic acids is 1. The fraction of sp³-hybridized carbons (Fsp3) is 0.556. The minimum absolute atomic E-state index is 0. The first-order valence-corrected chi connectivity index (χ1v) is 8.36. The molecule has 0 spiro atoms. The van der Waals surface area contributed by atoms with Crippen molar-refractivity contribution in [3.8, 4) is 0 Å². The number of carboxylic acids is 1. The normalized spacial score (nSPS) is 17.0. The van der Waals surface area contributed by atoms with Crippen molar-refractivity contribution in [1.82, 2.24) is 10.2 Å². The molecule has 1 aromatic carbocycles. The van der Waals surface area contributed by atoms with Crippen molar-refractivity contribution in [3.05, 3.63) is 35.6 Å². The van der Waals surface area contributed by atoms with Gasteiger partial charge < -0.3 is 10.4 Å². The van der Waals surface area contributed by atoms with Gasteiger partial charge in [-0.15, -0.1) is 12.4 Å². The standard InChI is InChI=1S/C18H25FN2O3.ClH/c1-12(2)17(13-3-5-15(19)6-4-13)20-16(22)11-21-9-7-14(8-10-21)18(23)24;/h3-6,12,14,17H,7-11H2,1-2H3,(H,20,22)(H,23,24);1H. The summed E-state index contributed by atoms with van der Waals surface area (Å²) in [4.78, 5) is 25.3. The molecule has 1 amide bonds. The lowest BCUT2D eigenvalue weighted by Crippen LogP contribution is -2.44. The van der Waals surface area contributed by atoms with Gasteiger partial charge in [0.2, 0.25) is 5.91 Å². The topological polar surface area (TPSA) is 69.6 Å². The van der Waals surface area contributed by atoms with E-state index in [4.69, 9.17) is 5.11 Å². The molecule has 1 heterocycles. The molecule has 140 valence electrons. The zero-order valence-corrected chi connectivity index (χ0v) is 15.4. The highest BCUT2D eigenvalue weighted by Gasteiger charge is 2.26. The molecule has 25 heavy (non-hydrogen) atoms. The molecule has 1 saturated heterocycles. The van der Waals surface area contributed by atoms with Crippen LogP contribution in [0.5, 0.6) is 0 Å². The van der Waals surface area contributed by atoms with Gasteiger partial charge >= 0.3 is 5.97 Å². The van der Waals surface area contributed by atoms with Crippen LogP contribution in [-0.4, -0.2) is 41.5 Å². The second-order valence-electron chi connectivity index (χ2n) is 6.73. The molecule has 0 bridgehead atoms. The van der Waals surface area contributed by atoms with Gasteiger partial charge in [-0.25, -0.2) is 4.39 Å². The summed E-state index contributed by atoms with van der Waals surface area (Å²) < 4.78 is 13.1. The van der Waals surface area contributed by atoms with Crippen molar-refractivity contribution < 1.29 is 19.1 Å². The van der Waals surface area contributed by atoms with Crippen molar-refractivity contribution in [2.24, 2.45) is 11.8 Å². The van der Waals surface area contributed by atoms with E-state index in [1.165, 1.54) is 12.1 Å². The average molecular weight is 373 g/mol. The maximum absolute atomic E-state index is 13.1. The number of benzene rings is 1. The van der Waals surface area contributed by atoms with Crippen LogP contribution in [0.1, 0.15) is 38.3 Å². The molecule has 7 heteroatoms. The number of rotatable bonds is 6. The van der Waals surface area contributed by atoms with Crippen LogP contribution in [0, 0.1) is 17.7 Å². The number of likely N-dealkylation sites (tertiary alicyclic amines) is 1. The maximum atomic E-state index is 13.1. The van der Waals surface area contributed by atoms with E-state index in [1.807, 2.05) is 18.7 Å². The first-order chi connectivity index (χ1) is 11.4. The van der Waals surface area contributed by atoms with Crippen LogP contribution in [0.15, 0.2) is 24.3 Å². The lowest BCUT2D eigenvalue weighted by molar-refractivity contribution is -0.143. The third kappa shape index (κ3) is 6.29. The van der Waals surface area contributed by atoms with Gasteiger partial charge in [0.25, 0.3) is 0 Å². The van der Waals surface area contributed by atoms with Crippen LogP contribution in [-0.2, 0) is 9.59 Å². The summed E-state index contributed by atoms with van der Waals surface area (Å²) >= 11 is 0. The van der Waals surface area contributed by atoms with Crippen molar-refractivity contribution in [2.45, 2.75) is 32.7 Å². The molecular formula is C18H26ClFN2O3. The molecule has 1 atom stereocenters. The van der Waals surface area contributed by atoms with Gasteiger partial charge in [-0.1, -0.05) is 26.0 Å². The van der Waals surface area contributed by atoms with Crippen LogP contribution < -0.4 is 5.32 Å². The van der Waals surface area contributed by atoms with Gasteiger partial charge in [0.1, 0.15) is 5.82 Å². The van der Waals surface area contributed by atoms with E-state index in [-0.39, 0.29) is 48.6 Å². The van der Waals surface area contributed by atoms with Crippen LogP contribution in [0.25, 0.3) is 0 Å². The number of piperidine rings is 1. The van der Waals surface area contributed by atoms with Gasteiger partial charge in [0.05, 0.1) is 18.5 Å². The zero-order valence-electron chi connectivity index (χ0n) is 14.6.